The molecule has 0 aliphatic carbocycles. The molecule has 0 aliphatic heterocycles. The van der Waals surface area contributed by atoms with Gasteiger partial charge < -0.3 is 5.73 Å². The van der Waals surface area contributed by atoms with Gasteiger partial charge in [0.05, 0.1) is 4.90 Å². The van der Waals surface area contributed by atoms with Crippen LogP contribution in [0.15, 0.2) is 40.1 Å². The van der Waals surface area contributed by atoms with Crippen molar-refractivity contribution in [3.8, 4) is 0 Å². The quantitative estimate of drug-likeness (QED) is 0.663. The topological polar surface area (TPSA) is 49.9 Å². The Labute approximate surface area is 120 Å². The van der Waals surface area contributed by atoms with E-state index in [1.54, 1.807) is 0 Å². The first kappa shape index (κ1) is 14.5. The highest BCUT2D eigenvalue weighted by atomic mass is 32.2. The predicted molar refractivity (Wildman–Crippen MR) is 77.4 cm³/mol. The summed E-state index contributed by atoms with van der Waals surface area (Å²) < 4.78 is 28.0. The van der Waals surface area contributed by atoms with Crippen molar-refractivity contribution < 1.29 is 8.78 Å². The molecule has 104 valence electrons. The van der Waals surface area contributed by atoms with E-state index in [4.69, 9.17) is 11.1 Å². The van der Waals surface area contributed by atoms with Crippen LogP contribution in [0, 0.1) is 30.9 Å². The first-order valence-corrected chi connectivity index (χ1v) is 6.78. The molecule has 2 aromatic carbocycles. The van der Waals surface area contributed by atoms with Crippen molar-refractivity contribution in [1.82, 2.24) is 0 Å². The van der Waals surface area contributed by atoms with Crippen molar-refractivity contribution in [2.75, 3.05) is 0 Å². The highest BCUT2D eigenvalue weighted by Crippen LogP contribution is 2.35. The van der Waals surface area contributed by atoms with E-state index in [2.05, 4.69) is 0 Å². The maximum absolute atomic E-state index is 14.0. The summed E-state index contributed by atoms with van der Waals surface area (Å²) in [6.07, 6.45) is 0. The molecular formula is C15H14F2N2S. The average Bonchev–Trinajstić information content (AvgIpc) is 2.37. The van der Waals surface area contributed by atoms with Gasteiger partial charge in [-0.15, -0.1) is 0 Å². The molecular weight excluding hydrogens is 278 g/mol. The van der Waals surface area contributed by atoms with Crippen molar-refractivity contribution in [2.24, 2.45) is 5.73 Å². The van der Waals surface area contributed by atoms with E-state index >= 15 is 0 Å². The van der Waals surface area contributed by atoms with Gasteiger partial charge in [-0.05, 0) is 43.2 Å². The zero-order chi connectivity index (χ0) is 14.9. The fraction of sp³-hybridized carbons (Fsp3) is 0.133. The Morgan fingerprint density at radius 1 is 1.10 bits per heavy atom. The molecule has 0 aliphatic rings. The van der Waals surface area contributed by atoms with Crippen molar-refractivity contribution in [2.45, 2.75) is 23.6 Å². The van der Waals surface area contributed by atoms with Gasteiger partial charge in [0.15, 0.2) is 0 Å². The third-order valence-corrected chi connectivity index (χ3v) is 4.12. The van der Waals surface area contributed by atoms with Crippen LogP contribution in [0.4, 0.5) is 8.78 Å². The minimum Gasteiger partial charge on any atom is -0.384 e. The molecule has 0 radical (unpaired) electrons. The first-order valence-electron chi connectivity index (χ1n) is 5.97. The minimum atomic E-state index is -0.707. The van der Waals surface area contributed by atoms with Crippen LogP contribution < -0.4 is 5.73 Å². The molecule has 2 rings (SSSR count). The number of nitrogen functional groups attached to an aromatic ring is 1. The highest BCUT2D eigenvalue weighted by Gasteiger charge is 2.15. The Morgan fingerprint density at radius 2 is 1.70 bits per heavy atom. The molecule has 2 aromatic rings. The Hall–Kier alpha value is -1.88. The summed E-state index contributed by atoms with van der Waals surface area (Å²) in [6.45, 7) is 3.82. The molecule has 0 amide bonds. The fourth-order valence-corrected chi connectivity index (χ4v) is 2.75. The maximum atomic E-state index is 14.0. The van der Waals surface area contributed by atoms with E-state index in [0.717, 1.165) is 39.9 Å². The molecule has 2 nitrogen and oxygen atoms in total. The van der Waals surface area contributed by atoms with Crippen LogP contribution in [0.3, 0.4) is 0 Å². The van der Waals surface area contributed by atoms with Gasteiger partial charge in [-0.1, -0.05) is 23.9 Å². The number of nitrogens with one attached hydrogen (secondary N) is 1. The van der Waals surface area contributed by atoms with Gasteiger partial charge in [0.25, 0.3) is 0 Å². The Balaban J connectivity index is 2.44. The lowest BCUT2D eigenvalue weighted by Gasteiger charge is -2.10. The minimum absolute atomic E-state index is 0.0466. The molecule has 0 fully saturated rings. The van der Waals surface area contributed by atoms with Crippen molar-refractivity contribution in [3.05, 3.63) is 58.7 Å². The van der Waals surface area contributed by atoms with Crippen LogP contribution in [0.25, 0.3) is 0 Å². The summed E-state index contributed by atoms with van der Waals surface area (Å²) in [4.78, 5) is 0.724. The summed E-state index contributed by atoms with van der Waals surface area (Å²) in [5.41, 5.74) is 7.27. The fourth-order valence-electron chi connectivity index (χ4n) is 1.74. The van der Waals surface area contributed by atoms with E-state index in [1.165, 1.54) is 0 Å². The summed E-state index contributed by atoms with van der Waals surface area (Å²) in [6, 6.07) is 7.91. The molecule has 0 unspecified atom stereocenters. The Bertz CT molecular complexity index is 661. The number of aryl methyl sites for hydroxylation is 2. The summed E-state index contributed by atoms with van der Waals surface area (Å²) >= 11 is 1.04. The normalized spacial score (nSPS) is 10.6. The van der Waals surface area contributed by atoms with E-state index in [0.29, 0.717) is 0 Å². The van der Waals surface area contributed by atoms with Gasteiger partial charge in [0, 0.05) is 10.5 Å². The number of halogens is 2. The maximum Gasteiger partial charge on any atom is 0.140 e. The van der Waals surface area contributed by atoms with Gasteiger partial charge in [-0.2, -0.15) is 0 Å². The van der Waals surface area contributed by atoms with Crippen LogP contribution in [0.1, 0.15) is 16.7 Å². The number of amidine groups is 1. The molecule has 0 bridgehead atoms. The van der Waals surface area contributed by atoms with Crippen LogP contribution in [0.2, 0.25) is 0 Å². The molecule has 0 atom stereocenters. The first-order chi connectivity index (χ1) is 9.38. The summed E-state index contributed by atoms with van der Waals surface area (Å²) in [5.74, 6) is -1.77. The molecule has 3 N–H and O–H groups in total. The van der Waals surface area contributed by atoms with Crippen LogP contribution in [-0.2, 0) is 0 Å². The average molecular weight is 292 g/mol. The third-order valence-electron chi connectivity index (χ3n) is 2.86. The van der Waals surface area contributed by atoms with Crippen LogP contribution >= 0.6 is 11.8 Å². The third kappa shape index (κ3) is 2.99. The van der Waals surface area contributed by atoms with Gasteiger partial charge in [-0.25, -0.2) is 8.78 Å². The lowest BCUT2D eigenvalue weighted by Crippen LogP contribution is -2.12. The second-order valence-corrected chi connectivity index (χ2v) is 5.61. The summed E-state index contributed by atoms with van der Waals surface area (Å²) in [5, 5.41) is 7.22. The SMILES string of the molecule is Cc1ccc(C)c(Sc2c(F)cc(C(=N)N)cc2F)c1. The second kappa shape index (κ2) is 5.63. The monoisotopic (exact) mass is 292 g/mol. The van der Waals surface area contributed by atoms with Crippen molar-refractivity contribution in [1.29, 1.82) is 5.41 Å². The molecule has 0 saturated heterocycles. The molecule has 0 saturated carbocycles. The van der Waals surface area contributed by atoms with E-state index < -0.39 is 11.6 Å². The molecule has 0 spiro atoms. The Kier molecular flexibility index (Phi) is 4.09. The predicted octanol–water partition coefficient (Wildman–Crippen LogP) is 4.02. The smallest absolute Gasteiger partial charge is 0.140 e. The Morgan fingerprint density at radius 3 is 2.25 bits per heavy atom. The standard InChI is InChI=1S/C15H14F2N2S/c1-8-3-4-9(2)13(5-8)20-14-11(16)6-10(15(18)19)7-12(14)17/h3-7H,1-2H3,(H3,18,19). The van der Waals surface area contributed by atoms with Gasteiger partial charge in [0.1, 0.15) is 17.5 Å². The lowest BCUT2D eigenvalue weighted by atomic mass is 10.2. The number of rotatable bonds is 3. The molecule has 20 heavy (non-hydrogen) atoms. The van der Waals surface area contributed by atoms with Crippen LogP contribution in [-0.4, -0.2) is 5.84 Å². The largest absolute Gasteiger partial charge is 0.384 e. The lowest BCUT2D eigenvalue weighted by molar-refractivity contribution is 0.540. The van der Waals surface area contributed by atoms with Crippen molar-refractivity contribution in [3.63, 3.8) is 0 Å². The highest BCUT2D eigenvalue weighted by molar-refractivity contribution is 7.99. The van der Waals surface area contributed by atoms with E-state index in [1.807, 2.05) is 32.0 Å². The van der Waals surface area contributed by atoms with Gasteiger partial charge in [0.2, 0.25) is 0 Å². The van der Waals surface area contributed by atoms with Crippen LogP contribution in [0.5, 0.6) is 0 Å². The summed E-state index contributed by atoms with van der Waals surface area (Å²) in [7, 11) is 0. The van der Waals surface area contributed by atoms with E-state index in [-0.39, 0.29) is 16.3 Å². The number of hydrogen-bond donors (Lipinski definition) is 2. The molecule has 0 heterocycles. The number of benzene rings is 2. The van der Waals surface area contributed by atoms with E-state index in [9.17, 15) is 8.78 Å². The molecule has 0 aromatic heterocycles. The van der Waals surface area contributed by atoms with Gasteiger partial charge in [-0.3, -0.25) is 5.41 Å². The van der Waals surface area contributed by atoms with Gasteiger partial charge >= 0.3 is 0 Å². The second-order valence-electron chi connectivity index (χ2n) is 4.55. The number of hydrogen-bond acceptors (Lipinski definition) is 2. The zero-order valence-electron chi connectivity index (χ0n) is 11.1. The zero-order valence-corrected chi connectivity index (χ0v) is 11.9. The number of nitrogens with two attached hydrogens (primary N) is 1. The van der Waals surface area contributed by atoms with Crippen molar-refractivity contribution >= 4 is 17.6 Å². The molecule has 5 heteroatoms.